The van der Waals surface area contributed by atoms with Gasteiger partial charge in [-0.05, 0) is 17.4 Å². The quantitative estimate of drug-likeness (QED) is 0.875. The Labute approximate surface area is 103 Å². The van der Waals surface area contributed by atoms with E-state index >= 15 is 0 Å². The lowest BCUT2D eigenvalue weighted by Crippen LogP contribution is -2.40. The van der Waals surface area contributed by atoms with E-state index in [1.165, 1.54) is 0 Å². The number of aromatic amines is 1. The van der Waals surface area contributed by atoms with Gasteiger partial charge in [-0.15, -0.1) is 0 Å². The zero-order valence-corrected chi connectivity index (χ0v) is 11.4. The largest absolute Gasteiger partial charge is 0.337 e. The van der Waals surface area contributed by atoms with Crippen LogP contribution in [0.2, 0.25) is 0 Å². The van der Waals surface area contributed by atoms with Gasteiger partial charge in [-0.3, -0.25) is 9.89 Å². The topological polar surface area (TPSA) is 49.0 Å². The number of H-pyrrole nitrogens is 1. The minimum Gasteiger partial charge on any atom is -0.337 e. The van der Waals surface area contributed by atoms with Gasteiger partial charge in [0.1, 0.15) is 5.69 Å². The predicted molar refractivity (Wildman–Crippen MR) is 68.8 cm³/mol. The molecule has 0 aliphatic carbocycles. The van der Waals surface area contributed by atoms with Gasteiger partial charge in [0.25, 0.3) is 5.91 Å². The van der Waals surface area contributed by atoms with E-state index < -0.39 is 0 Å². The predicted octanol–water partition coefficient (Wildman–Crippen LogP) is 2.55. The van der Waals surface area contributed by atoms with Crippen molar-refractivity contribution in [1.29, 1.82) is 0 Å². The Hall–Kier alpha value is -1.32. The maximum Gasteiger partial charge on any atom is 0.271 e. The minimum absolute atomic E-state index is 0.0334. The first-order valence-corrected chi connectivity index (χ1v) is 6.08. The van der Waals surface area contributed by atoms with E-state index in [0.29, 0.717) is 11.6 Å². The van der Waals surface area contributed by atoms with Crippen molar-refractivity contribution < 1.29 is 4.79 Å². The van der Waals surface area contributed by atoms with Crippen LogP contribution in [0.4, 0.5) is 0 Å². The Balaban J connectivity index is 2.79. The second-order valence-corrected chi connectivity index (χ2v) is 6.11. The van der Waals surface area contributed by atoms with Gasteiger partial charge in [-0.1, -0.05) is 34.6 Å². The van der Waals surface area contributed by atoms with Gasteiger partial charge < -0.3 is 4.90 Å². The van der Waals surface area contributed by atoms with Gasteiger partial charge in [0, 0.05) is 19.3 Å². The van der Waals surface area contributed by atoms with Crippen LogP contribution < -0.4 is 0 Å². The van der Waals surface area contributed by atoms with Gasteiger partial charge in [-0.25, -0.2) is 0 Å². The first-order valence-electron chi connectivity index (χ1n) is 6.08. The van der Waals surface area contributed by atoms with Crippen LogP contribution in [-0.4, -0.2) is 34.1 Å². The van der Waals surface area contributed by atoms with Crippen LogP contribution >= 0.6 is 0 Å². The van der Waals surface area contributed by atoms with Crippen LogP contribution in [0.3, 0.4) is 0 Å². The summed E-state index contributed by atoms with van der Waals surface area (Å²) in [7, 11) is 0. The second-order valence-electron chi connectivity index (χ2n) is 6.11. The lowest BCUT2D eigenvalue weighted by Gasteiger charge is -2.31. The lowest BCUT2D eigenvalue weighted by molar-refractivity contribution is 0.0665. The smallest absolute Gasteiger partial charge is 0.271 e. The van der Waals surface area contributed by atoms with Gasteiger partial charge in [0.2, 0.25) is 0 Å². The molecule has 1 rings (SSSR count). The number of amides is 1. The molecule has 17 heavy (non-hydrogen) atoms. The molecule has 4 nitrogen and oxygen atoms in total. The van der Waals surface area contributed by atoms with Gasteiger partial charge in [0.05, 0.1) is 0 Å². The maximum absolute atomic E-state index is 12.3. The fraction of sp³-hybridized carbons (Fsp3) is 0.692. The number of hydrogen-bond donors (Lipinski definition) is 1. The van der Waals surface area contributed by atoms with E-state index in [9.17, 15) is 4.79 Å². The number of carbonyl (C=O) groups is 1. The highest BCUT2D eigenvalue weighted by molar-refractivity contribution is 5.92. The van der Waals surface area contributed by atoms with Gasteiger partial charge in [-0.2, -0.15) is 5.10 Å². The molecule has 0 unspecified atom stereocenters. The molecule has 4 heteroatoms. The van der Waals surface area contributed by atoms with Crippen molar-refractivity contribution in [3.63, 3.8) is 0 Å². The van der Waals surface area contributed by atoms with Gasteiger partial charge >= 0.3 is 0 Å². The fourth-order valence-corrected chi connectivity index (χ4v) is 1.78. The van der Waals surface area contributed by atoms with Crippen LogP contribution in [0, 0.1) is 11.3 Å². The summed E-state index contributed by atoms with van der Waals surface area (Å²) in [4.78, 5) is 14.2. The summed E-state index contributed by atoms with van der Waals surface area (Å²) in [6.45, 7) is 12.2. The third kappa shape index (κ3) is 4.59. The third-order valence-corrected chi connectivity index (χ3v) is 2.27. The molecular formula is C13H23N3O. The van der Waals surface area contributed by atoms with E-state index in [-0.39, 0.29) is 11.3 Å². The summed E-state index contributed by atoms with van der Waals surface area (Å²) in [5.74, 6) is 0.496. The van der Waals surface area contributed by atoms with Crippen LogP contribution in [0.5, 0.6) is 0 Å². The molecule has 1 aromatic heterocycles. The van der Waals surface area contributed by atoms with Crippen molar-refractivity contribution >= 4 is 5.91 Å². The Morgan fingerprint density at radius 2 is 2.12 bits per heavy atom. The SMILES string of the molecule is CC(C)CN(CC(C)(C)C)C(=O)c1ccn[nH]1. The molecule has 0 bridgehead atoms. The van der Waals surface area contributed by atoms with E-state index in [1.807, 2.05) is 4.90 Å². The molecule has 96 valence electrons. The highest BCUT2D eigenvalue weighted by atomic mass is 16.2. The summed E-state index contributed by atoms with van der Waals surface area (Å²) < 4.78 is 0. The molecule has 0 saturated carbocycles. The number of carbonyl (C=O) groups excluding carboxylic acids is 1. The number of hydrogen-bond acceptors (Lipinski definition) is 2. The van der Waals surface area contributed by atoms with Crippen molar-refractivity contribution in [1.82, 2.24) is 15.1 Å². The fourth-order valence-electron chi connectivity index (χ4n) is 1.78. The molecule has 0 aliphatic heterocycles. The first kappa shape index (κ1) is 13.7. The van der Waals surface area contributed by atoms with E-state index in [2.05, 4.69) is 44.8 Å². The molecule has 1 aromatic rings. The van der Waals surface area contributed by atoms with E-state index in [4.69, 9.17) is 0 Å². The molecule has 1 heterocycles. The van der Waals surface area contributed by atoms with Crippen molar-refractivity contribution in [3.05, 3.63) is 18.0 Å². The number of aromatic nitrogens is 2. The number of nitrogens with one attached hydrogen (secondary N) is 1. The lowest BCUT2D eigenvalue weighted by atomic mass is 9.95. The molecular weight excluding hydrogens is 214 g/mol. The average Bonchev–Trinajstić information content (AvgIpc) is 2.65. The summed E-state index contributed by atoms with van der Waals surface area (Å²) in [6.07, 6.45) is 1.61. The van der Waals surface area contributed by atoms with Gasteiger partial charge in [0.15, 0.2) is 0 Å². The van der Waals surface area contributed by atoms with E-state index in [0.717, 1.165) is 13.1 Å². The molecule has 1 amide bonds. The third-order valence-electron chi connectivity index (χ3n) is 2.27. The maximum atomic E-state index is 12.3. The normalized spacial score (nSPS) is 11.9. The van der Waals surface area contributed by atoms with Crippen molar-refractivity contribution in [2.75, 3.05) is 13.1 Å². The average molecular weight is 237 g/mol. The Morgan fingerprint density at radius 3 is 2.53 bits per heavy atom. The second kappa shape index (κ2) is 5.34. The van der Waals surface area contributed by atoms with E-state index in [1.54, 1.807) is 12.3 Å². The molecule has 0 aliphatic rings. The molecule has 0 aromatic carbocycles. The molecule has 0 atom stereocenters. The minimum atomic E-state index is 0.0334. The van der Waals surface area contributed by atoms with Crippen molar-refractivity contribution in [2.24, 2.45) is 11.3 Å². The Bertz CT molecular complexity index is 349. The summed E-state index contributed by atoms with van der Waals surface area (Å²) in [6, 6.07) is 1.72. The van der Waals surface area contributed by atoms with Crippen molar-refractivity contribution in [3.8, 4) is 0 Å². The zero-order chi connectivity index (χ0) is 13.1. The Morgan fingerprint density at radius 1 is 1.47 bits per heavy atom. The summed E-state index contributed by atoms with van der Waals surface area (Å²) >= 11 is 0. The highest BCUT2D eigenvalue weighted by Gasteiger charge is 2.23. The molecule has 1 N–H and O–H groups in total. The zero-order valence-electron chi connectivity index (χ0n) is 11.4. The van der Waals surface area contributed by atoms with Crippen LogP contribution in [0.25, 0.3) is 0 Å². The molecule has 0 spiro atoms. The Kier molecular flexibility index (Phi) is 4.32. The molecule has 0 radical (unpaired) electrons. The number of nitrogens with zero attached hydrogens (tertiary/aromatic N) is 2. The standard InChI is InChI=1S/C13H23N3O/c1-10(2)8-16(9-13(3,4)5)12(17)11-6-7-14-15-11/h6-7,10H,8-9H2,1-5H3,(H,14,15). The van der Waals surface area contributed by atoms with Crippen LogP contribution in [0.15, 0.2) is 12.3 Å². The first-order chi connectivity index (χ1) is 7.79. The van der Waals surface area contributed by atoms with Crippen LogP contribution in [0.1, 0.15) is 45.1 Å². The van der Waals surface area contributed by atoms with Crippen molar-refractivity contribution in [2.45, 2.75) is 34.6 Å². The molecule has 0 fully saturated rings. The number of rotatable bonds is 4. The van der Waals surface area contributed by atoms with Crippen LogP contribution in [-0.2, 0) is 0 Å². The summed E-state index contributed by atoms with van der Waals surface area (Å²) in [5.41, 5.74) is 0.666. The highest BCUT2D eigenvalue weighted by Crippen LogP contribution is 2.17. The monoisotopic (exact) mass is 237 g/mol. The summed E-state index contributed by atoms with van der Waals surface area (Å²) in [5, 5.41) is 6.56. The molecule has 0 saturated heterocycles.